The maximum Gasteiger partial charge on any atom is 0.254 e. The summed E-state index contributed by atoms with van der Waals surface area (Å²) in [5.41, 5.74) is 0.605. The molecule has 0 amide bonds. The molecule has 2 heterocycles. The van der Waals surface area contributed by atoms with Crippen molar-refractivity contribution in [2.24, 2.45) is 7.05 Å². The molecule has 0 unspecified atom stereocenters. The van der Waals surface area contributed by atoms with E-state index in [2.05, 4.69) is 0 Å². The summed E-state index contributed by atoms with van der Waals surface area (Å²) in [6.45, 7) is 2.35. The summed E-state index contributed by atoms with van der Waals surface area (Å²) in [5, 5.41) is 0.237. The largest absolute Gasteiger partial charge is 0.495 e. The first-order valence-electron chi connectivity index (χ1n) is 8.40. The zero-order chi connectivity index (χ0) is 19.8. The highest BCUT2D eigenvalue weighted by atomic mass is 35.5. The van der Waals surface area contributed by atoms with Gasteiger partial charge in [0, 0.05) is 25.4 Å². The maximum absolute atomic E-state index is 12.9. The van der Waals surface area contributed by atoms with E-state index in [1.54, 1.807) is 13.1 Å². The molecule has 0 bridgehead atoms. The molecule has 0 aliphatic carbocycles. The Kier molecular flexibility index (Phi) is 5.50. The molecule has 1 aliphatic heterocycles. The van der Waals surface area contributed by atoms with Crippen LogP contribution in [-0.4, -0.2) is 43.6 Å². The van der Waals surface area contributed by atoms with Gasteiger partial charge in [0.25, 0.3) is 5.56 Å². The van der Waals surface area contributed by atoms with Crippen molar-refractivity contribution in [3.8, 4) is 11.5 Å². The molecule has 0 spiro atoms. The standard InChI is InChI=1S/C18H21ClN2O5S/c1-12-8-14(9-18(22)20(12)2)26-13-6-7-21(11-13)27(23,24)15-4-5-17(25-3)16(19)10-15/h4-5,8-10,13H,6-7,11H2,1-3H3/t13-/m1/s1. The summed E-state index contributed by atoms with van der Waals surface area (Å²) >= 11 is 6.06. The molecule has 1 atom stereocenters. The quantitative estimate of drug-likeness (QED) is 0.752. The number of aromatic nitrogens is 1. The molecule has 1 saturated heterocycles. The van der Waals surface area contributed by atoms with Crippen LogP contribution in [0.2, 0.25) is 5.02 Å². The Bertz CT molecular complexity index is 1020. The summed E-state index contributed by atoms with van der Waals surface area (Å²) in [4.78, 5) is 12.0. The molecule has 0 saturated carbocycles. The Hall–Kier alpha value is -2.03. The van der Waals surface area contributed by atoms with Crippen molar-refractivity contribution in [1.82, 2.24) is 8.87 Å². The van der Waals surface area contributed by atoms with Crippen LogP contribution >= 0.6 is 11.6 Å². The smallest absolute Gasteiger partial charge is 0.254 e. The van der Waals surface area contributed by atoms with Gasteiger partial charge >= 0.3 is 0 Å². The fraction of sp³-hybridized carbons (Fsp3) is 0.389. The molecule has 1 aliphatic rings. The van der Waals surface area contributed by atoms with Crippen LogP contribution in [0, 0.1) is 6.92 Å². The molecule has 146 valence electrons. The minimum absolute atomic E-state index is 0.110. The van der Waals surface area contributed by atoms with E-state index in [4.69, 9.17) is 21.1 Å². The molecule has 27 heavy (non-hydrogen) atoms. The third-order valence-corrected chi connectivity index (χ3v) is 6.80. The molecule has 3 rings (SSSR count). The average molecular weight is 413 g/mol. The second kappa shape index (κ2) is 7.53. The van der Waals surface area contributed by atoms with Crippen molar-refractivity contribution in [2.75, 3.05) is 20.2 Å². The summed E-state index contributed by atoms with van der Waals surface area (Å²) in [6, 6.07) is 7.56. The number of ether oxygens (including phenoxy) is 2. The number of hydrogen-bond acceptors (Lipinski definition) is 5. The van der Waals surface area contributed by atoms with Gasteiger partial charge < -0.3 is 14.0 Å². The summed E-state index contributed by atoms with van der Waals surface area (Å²) in [5.74, 6) is 0.867. The third-order valence-electron chi connectivity index (χ3n) is 4.65. The van der Waals surface area contributed by atoms with E-state index in [-0.39, 0.29) is 28.1 Å². The zero-order valence-electron chi connectivity index (χ0n) is 15.3. The van der Waals surface area contributed by atoms with Crippen LogP contribution in [0.4, 0.5) is 0 Å². The van der Waals surface area contributed by atoms with Crippen molar-refractivity contribution < 1.29 is 17.9 Å². The van der Waals surface area contributed by atoms with Gasteiger partial charge in [-0.05, 0) is 37.6 Å². The highest BCUT2D eigenvalue weighted by Gasteiger charge is 2.34. The van der Waals surface area contributed by atoms with Crippen molar-refractivity contribution in [3.63, 3.8) is 0 Å². The zero-order valence-corrected chi connectivity index (χ0v) is 16.9. The predicted octanol–water partition coefficient (Wildman–Crippen LogP) is 2.20. The SMILES string of the molecule is COc1ccc(S(=O)(=O)N2CC[C@@H](Oc3cc(C)n(C)c(=O)c3)C2)cc1Cl. The Labute approximate surface area is 163 Å². The number of aryl methyl sites for hydroxylation is 1. The van der Waals surface area contributed by atoms with Gasteiger partial charge in [-0.3, -0.25) is 4.79 Å². The Morgan fingerprint density at radius 1 is 1.22 bits per heavy atom. The number of benzene rings is 1. The van der Waals surface area contributed by atoms with Crippen molar-refractivity contribution in [3.05, 3.63) is 51.4 Å². The molecule has 9 heteroatoms. The van der Waals surface area contributed by atoms with Crippen LogP contribution in [0.5, 0.6) is 11.5 Å². The number of nitrogens with zero attached hydrogens (tertiary/aromatic N) is 2. The molecule has 1 fully saturated rings. The van der Waals surface area contributed by atoms with Gasteiger partial charge in [-0.1, -0.05) is 11.6 Å². The van der Waals surface area contributed by atoms with Crippen LogP contribution in [0.3, 0.4) is 0 Å². The molecular weight excluding hydrogens is 392 g/mol. The third kappa shape index (κ3) is 3.97. The van der Waals surface area contributed by atoms with E-state index in [1.165, 1.54) is 40.2 Å². The van der Waals surface area contributed by atoms with Gasteiger partial charge in [0.1, 0.15) is 17.6 Å². The van der Waals surface area contributed by atoms with Gasteiger partial charge in [-0.25, -0.2) is 8.42 Å². The van der Waals surface area contributed by atoms with Gasteiger partial charge in [0.15, 0.2) is 0 Å². The van der Waals surface area contributed by atoms with Crippen molar-refractivity contribution in [2.45, 2.75) is 24.3 Å². The van der Waals surface area contributed by atoms with E-state index in [9.17, 15) is 13.2 Å². The first kappa shape index (κ1) is 19.7. The lowest BCUT2D eigenvalue weighted by Gasteiger charge is -2.18. The highest BCUT2D eigenvalue weighted by Crippen LogP contribution is 2.30. The van der Waals surface area contributed by atoms with E-state index in [0.29, 0.717) is 24.5 Å². The summed E-state index contributed by atoms with van der Waals surface area (Å²) < 4.78 is 39.5. The fourth-order valence-electron chi connectivity index (χ4n) is 2.97. The topological polar surface area (TPSA) is 77.8 Å². The van der Waals surface area contributed by atoms with Gasteiger partial charge in [-0.2, -0.15) is 4.31 Å². The van der Waals surface area contributed by atoms with E-state index in [0.717, 1.165) is 5.69 Å². The molecular formula is C18H21ClN2O5S. The normalized spacial score (nSPS) is 17.9. The number of pyridine rings is 1. The molecule has 2 aromatic rings. The fourth-order valence-corrected chi connectivity index (χ4v) is 4.80. The van der Waals surface area contributed by atoms with Crippen LogP contribution in [-0.2, 0) is 17.1 Å². The molecule has 1 aromatic carbocycles. The van der Waals surface area contributed by atoms with Crippen LogP contribution in [0.15, 0.2) is 40.0 Å². The monoisotopic (exact) mass is 412 g/mol. The first-order valence-corrected chi connectivity index (χ1v) is 10.2. The number of sulfonamides is 1. The van der Waals surface area contributed by atoms with Gasteiger partial charge in [0.2, 0.25) is 10.0 Å². The number of methoxy groups -OCH3 is 1. The molecule has 0 radical (unpaired) electrons. The predicted molar refractivity (Wildman–Crippen MR) is 102 cm³/mol. The maximum atomic E-state index is 12.9. The van der Waals surface area contributed by atoms with E-state index >= 15 is 0 Å². The Morgan fingerprint density at radius 3 is 2.59 bits per heavy atom. The highest BCUT2D eigenvalue weighted by molar-refractivity contribution is 7.89. The Morgan fingerprint density at radius 2 is 1.96 bits per heavy atom. The minimum atomic E-state index is -3.69. The van der Waals surface area contributed by atoms with Gasteiger partial charge in [-0.15, -0.1) is 0 Å². The second-order valence-electron chi connectivity index (χ2n) is 6.42. The second-order valence-corrected chi connectivity index (χ2v) is 8.76. The first-order chi connectivity index (χ1) is 12.7. The lowest BCUT2D eigenvalue weighted by Crippen LogP contribution is -2.31. The van der Waals surface area contributed by atoms with Crippen LogP contribution in [0.25, 0.3) is 0 Å². The molecule has 7 nitrogen and oxygen atoms in total. The van der Waals surface area contributed by atoms with Crippen molar-refractivity contribution >= 4 is 21.6 Å². The van der Waals surface area contributed by atoms with Crippen LogP contribution in [0.1, 0.15) is 12.1 Å². The lowest BCUT2D eigenvalue weighted by molar-refractivity contribution is 0.214. The summed E-state index contributed by atoms with van der Waals surface area (Å²) in [7, 11) is -0.532. The lowest BCUT2D eigenvalue weighted by atomic mass is 10.3. The van der Waals surface area contributed by atoms with Crippen LogP contribution < -0.4 is 15.0 Å². The van der Waals surface area contributed by atoms with Crippen molar-refractivity contribution in [1.29, 1.82) is 0 Å². The van der Waals surface area contributed by atoms with Gasteiger partial charge in [0.05, 0.1) is 23.6 Å². The number of hydrogen-bond donors (Lipinski definition) is 0. The molecule has 0 N–H and O–H groups in total. The molecule has 1 aromatic heterocycles. The minimum Gasteiger partial charge on any atom is -0.495 e. The van der Waals surface area contributed by atoms with E-state index < -0.39 is 10.0 Å². The summed E-state index contributed by atoms with van der Waals surface area (Å²) in [6.07, 6.45) is 0.220. The van der Waals surface area contributed by atoms with E-state index in [1.807, 2.05) is 6.92 Å². The number of halogens is 1. The average Bonchev–Trinajstić information content (AvgIpc) is 3.08. The Balaban J connectivity index is 1.75. The number of rotatable bonds is 5.